The highest BCUT2D eigenvalue weighted by molar-refractivity contribution is 5.96. The molecule has 0 radical (unpaired) electrons. The zero-order valence-electron chi connectivity index (χ0n) is 18.4. The molecule has 1 spiro atoms. The Hall–Kier alpha value is -1.59. The second-order valence-electron chi connectivity index (χ2n) is 9.87. The number of amides is 1. The number of likely N-dealkylation sites (tertiary alicyclic amines) is 2. The second kappa shape index (κ2) is 8.88. The molecule has 3 saturated heterocycles. The molecule has 0 N–H and O–H groups in total. The maximum absolute atomic E-state index is 12.8. The number of carbonyl (C=O) groups excluding carboxylic acids is 1. The maximum Gasteiger partial charge on any atom is 0.253 e. The van der Waals surface area contributed by atoms with E-state index in [1.165, 1.54) is 63.7 Å². The zero-order chi connectivity index (χ0) is 20.4. The molecular formula is C25H37N3O2. The SMILES string of the molecule is O=C(C1=CCC=C(N2CCC3(CC2)CCN(C2CCC2)CC3)C=C1)N1CCOCC1. The van der Waals surface area contributed by atoms with Gasteiger partial charge in [-0.1, -0.05) is 18.6 Å². The van der Waals surface area contributed by atoms with E-state index in [9.17, 15) is 4.79 Å². The summed E-state index contributed by atoms with van der Waals surface area (Å²) in [5.41, 5.74) is 2.72. The Morgan fingerprint density at radius 2 is 1.60 bits per heavy atom. The van der Waals surface area contributed by atoms with Gasteiger partial charge in [0, 0.05) is 43.5 Å². The van der Waals surface area contributed by atoms with Gasteiger partial charge in [0.05, 0.1) is 13.2 Å². The Bertz CT molecular complexity index is 713. The summed E-state index contributed by atoms with van der Waals surface area (Å²) < 4.78 is 5.38. The number of piperidine rings is 2. The fourth-order valence-corrected chi connectivity index (χ4v) is 5.81. The maximum atomic E-state index is 12.8. The standard InChI is InChI=1S/C25H37N3O2/c29-24(28-17-19-30-20-18-28)21-3-1-4-23(8-7-21)27-15-11-25(12-16-27)9-13-26(14-10-25)22-5-2-6-22/h3-4,7-8,22H,1-2,5-6,9-20H2. The van der Waals surface area contributed by atoms with Crippen molar-refractivity contribution in [3.05, 3.63) is 35.6 Å². The van der Waals surface area contributed by atoms with Gasteiger partial charge in [0.2, 0.25) is 0 Å². The molecule has 30 heavy (non-hydrogen) atoms. The van der Waals surface area contributed by atoms with Crippen LogP contribution in [0.4, 0.5) is 0 Å². The molecule has 0 atom stereocenters. The molecular weight excluding hydrogens is 374 g/mol. The van der Waals surface area contributed by atoms with E-state index < -0.39 is 0 Å². The number of hydrogen-bond donors (Lipinski definition) is 0. The van der Waals surface area contributed by atoms with Gasteiger partial charge in [0.1, 0.15) is 0 Å². The molecule has 164 valence electrons. The van der Waals surface area contributed by atoms with E-state index in [1.807, 2.05) is 11.0 Å². The predicted octanol–water partition coefficient (Wildman–Crippen LogP) is 3.35. The van der Waals surface area contributed by atoms with Crippen molar-refractivity contribution >= 4 is 5.91 Å². The smallest absolute Gasteiger partial charge is 0.253 e. The first-order valence-electron chi connectivity index (χ1n) is 12.2. The van der Waals surface area contributed by atoms with Crippen LogP contribution in [0, 0.1) is 5.41 Å². The van der Waals surface area contributed by atoms with E-state index in [-0.39, 0.29) is 5.91 Å². The number of morpholine rings is 1. The summed E-state index contributed by atoms with van der Waals surface area (Å²) in [5, 5.41) is 0. The minimum absolute atomic E-state index is 0.153. The van der Waals surface area contributed by atoms with Crippen LogP contribution in [0.5, 0.6) is 0 Å². The molecule has 2 aliphatic carbocycles. The summed E-state index contributed by atoms with van der Waals surface area (Å²) in [6, 6.07) is 0.908. The fourth-order valence-electron chi connectivity index (χ4n) is 5.81. The third-order valence-corrected chi connectivity index (χ3v) is 8.28. The summed E-state index contributed by atoms with van der Waals surface area (Å²) in [6.07, 6.45) is 19.2. The lowest BCUT2D eigenvalue weighted by atomic mass is 9.70. The number of hydrogen-bond acceptors (Lipinski definition) is 4. The summed E-state index contributed by atoms with van der Waals surface area (Å²) in [4.78, 5) is 20.0. The van der Waals surface area contributed by atoms with E-state index in [1.54, 1.807) is 0 Å². The highest BCUT2D eigenvalue weighted by Crippen LogP contribution is 2.43. The van der Waals surface area contributed by atoms with E-state index >= 15 is 0 Å². The molecule has 0 aromatic rings. The Balaban J connectivity index is 1.13. The van der Waals surface area contributed by atoms with Crippen LogP contribution in [-0.2, 0) is 9.53 Å². The average Bonchev–Trinajstić information content (AvgIpc) is 3.01. The molecule has 5 heteroatoms. The Kier molecular flexibility index (Phi) is 6.01. The molecule has 3 heterocycles. The predicted molar refractivity (Wildman–Crippen MR) is 119 cm³/mol. The third-order valence-electron chi connectivity index (χ3n) is 8.28. The molecule has 5 rings (SSSR count). The van der Waals surface area contributed by atoms with Gasteiger partial charge in [-0.15, -0.1) is 0 Å². The van der Waals surface area contributed by atoms with E-state index in [4.69, 9.17) is 4.74 Å². The van der Waals surface area contributed by atoms with Crippen molar-refractivity contribution in [3.63, 3.8) is 0 Å². The van der Waals surface area contributed by atoms with Gasteiger partial charge in [-0.25, -0.2) is 0 Å². The zero-order valence-corrected chi connectivity index (χ0v) is 18.4. The molecule has 1 saturated carbocycles. The van der Waals surface area contributed by atoms with E-state index in [0.29, 0.717) is 31.7 Å². The molecule has 4 fully saturated rings. The number of ether oxygens (including phenoxy) is 1. The Labute approximate surface area is 181 Å². The fraction of sp³-hybridized carbons (Fsp3) is 0.720. The lowest BCUT2D eigenvalue weighted by Crippen LogP contribution is -2.50. The van der Waals surface area contributed by atoms with Gasteiger partial charge < -0.3 is 19.4 Å². The van der Waals surface area contributed by atoms with Crippen molar-refractivity contribution in [3.8, 4) is 0 Å². The van der Waals surface area contributed by atoms with Gasteiger partial charge in [0.15, 0.2) is 0 Å². The number of rotatable bonds is 3. The molecule has 0 unspecified atom stereocenters. The average molecular weight is 412 g/mol. The van der Waals surface area contributed by atoms with Crippen molar-refractivity contribution in [2.75, 3.05) is 52.5 Å². The topological polar surface area (TPSA) is 36.0 Å². The van der Waals surface area contributed by atoms with E-state index in [2.05, 4.69) is 28.0 Å². The minimum atomic E-state index is 0.153. The first-order valence-corrected chi connectivity index (χ1v) is 12.2. The molecule has 0 aromatic heterocycles. The summed E-state index contributed by atoms with van der Waals surface area (Å²) in [6.45, 7) is 7.68. The minimum Gasteiger partial charge on any atom is -0.378 e. The highest BCUT2D eigenvalue weighted by Gasteiger charge is 2.39. The molecule has 5 nitrogen and oxygen atoms in total. The van der Waals surface area contributed by atoms with Crippen LogP contribution in [0.2, 0.25) is 0 Å². The van der Waals surface area contributed by atoms with Gasteiger partial charge in [-0.05, 0) is 75.6 Å². The normalized spacial score (nSPS) is 28.0. The molecule has 0 aromatic carbocycles. The lowest BCUT2D eigenvalue weighted by Gasteiger charge is -2.50. The number of allylic oxidation sites excluding steroid dienone is 3. The van der Waals surface area contributed by atoms with Crippen LogP contribution in [-0.4, -0.2) is 79.1 Å². The summed E-state index contributed by atoms with van der Waals surface area (Å²) in [5.74, 6) is 0.153. The third kappa shape index (κ3) is 4.24. The quantitative estimate of drug-likeness (QED) is 0.714. The van der Waals surface area contributed by atoms with Crippen molar-refractivity contribution in [1.82, 2.24) is 14.7 Å². The molecule has 3 aliphatic heterocycles. The van der Waals surface area contributed by atoms with Crippen molar-refractivity contribution in [2.24, 2.45) is 5.41 Å². The largest absolute Gasteiger partial charge is 0.378 e. The van der Waals surface area contributed by atoms with Crippen LogP contribution in [0.15, 0.2) is 35.6 Å². The van der Waals surface area contributed by atoms with Crippen LogP contribution in [0.3, 0.4) is 0 Å². The lowest BCUT2D eigenvalue weighted by molar-refractivity contribution is -0.130. The van der Waals surface area contributed by atoms with Crippen LogP contribution < -0.4 is 0 Å². The monoisotopic (exact) mass is 411 g/mol. The second-order valence-corrected chi connectivity index (χ2v) is 9.87. The highest BCUT2D eigenvalue weighted by atomic mass is 16.5. The van der Waals surface area contributed by atoms with Crippen molar-refractivity contribution in [1.29, 1.82) is 0 Å². The van der Waals surface area contributed by atoms with Gasteiger partial charge in [-0.3, -0.25) is 4.79 Å². The van der Waals surface area contributed by atoms with Gasteiger partial charge in [-0.2, -0.15) is 0 Å². The van der Waals surface area contributed by atoms with Gasteiger partial charge in [0.25, 0.3) is 5.91 Å². The Morgan fingerprint density at radius 3 is 2.27 bits per heavy atom. The van der Waals surface area contributed by atoms with Gasteiger partial charge >= 0.3 is 0 Å². The summed E-state index contributed by atoms with van der Waals surface area (Å²) >= 11 is 0. The first-order chi connectivity index (χ1) is 14.7. The number of carbonyl (C=O) groups is 1. The molecule has 5 aliphatic rings. The molecule has 0 bridgehead atoms. The van der Waals surface area contributed by atoms with Crippen molar-refractivity contribution in [2.45, 2.75) is 57.4 Å². The summed E-state index contributed by atoms with van der Waals surface area (Å²) in [7, 11) is 0. The van der Waals surface area contributed by atoms with Crippen LogP contribution in [0.25, 0.3) is 0 Å². The van der Waals surface area contributed by atoms with Crippen molar-refractivity contribution < 1.29 is 9.53 Å². The van der Waals surface area contributed by atoms with Crippen LogP contribution in [0.1, 0.15) is 51.4 Å². The van der Waals surface area contributed by atoms with Crippen LogP contribution >= 0.6 is 0 Å². The molecule has 1 amide bonds. The Morgan fingerprint density at radius 1 is 0.900 bits per heavy atom. The van der Waals surface area contributed by atoms with E-state index in [0.717, 1.165) is 31.1 Å². The first kappa shape index (κ1) is 20.3. The number of nitrogens with zero attached hydrogens (tertiary/aromatic N) is 3.